The molecule has 0 spiro atoms. The minimum Gasteiger partial charge on any atom is -0.234 e. The average molecular weight is 154 g/mol. The molecule has 0 N–H and O–H groups in total. The summed E-state index contributed by atoms with van der Waals surface area (Å²) in [7, 11) is 0. The van der Waals surface area contributed by atoms with Gasteiger partial charge in [0.05, 0.1) is 11.3 Å². The molecule has 55 valence electrons. The molecule has 0 amide bonds. The van der Waals surface area contributed by atoms with E-state index in [2.05, 4.69) is 21.2 Å². The first-order valence-electron chi connectivity index (χ1n) is 3.65. The standard InChI is InChI=1S/C9H4N3/c1-2-6-7-4-10-5-11-9(7)12-8(6)3-1/h1-3,5H. The molecular formula is C9H4N3. The van der Waals surface area contributed by atoms with Crippen LogP contribution in [0, 0.1) is 6.20 Å². The maximum atomic E-state index is 4.29. The molecule has 2 heterocycles. The van der Waals surface area contributed by atoms with Gasteiger partial charge in [-0.1, -0.05) is 12.2 Å². The summed E-state index contributed by atoms with van der Waals surface area (Å²) in [5, 5.41) is 0. The molecule has 0 saturated carbocycles. The highest BCUT2D eigenvalue weighted by Crippen LogP contribution is 2.34. The smallest absolute Gasteiger partial charge is 0.164 e. The fourth-order valence-electron chi connectivity index (χ4n) is 1.39. The summed E-state index contributed by atoms with van der Waals surface area (Å²) in [5.74, 6) is 0.732. The van der Waals surface area contributed by atoms with E-state index >= 15 is 0 Å². The van der Waals surface area contributed by atoms with Crippen LogP contribution < -0.4 is 0 Å². The Morgan fingerprint density at radius 1 is 1.33 bits per heavy atom. The van der Waals surface area contributed by atoms with E-state index in [-0.39, 0.29) is 0 Å². The molecule has 3 nitrogen and oxygen atoms in total. The Morgan fingerprint density at radius 3 is 3.33 bits per heavy atom. The van der Waals surface area contributed by atoms with Crippen molar-refractivity contribution in [2.24, 2.45) is 4.99 Å². The number of allylic oxidation sites excluding steroid dienone is 4. The van der Waals surface area contributed by atoms with Crippen molar-refractivity contribution < 1.29 is 0 Å². The van der Waals surface area contributed by atoms with E-state index in [1.54, 1.807) is 0 Å². The van der Waals surface area contributed by atoms with Gasteiger partial charge in [-0.2, -0.15) is 0 Å². The normalized spacial score (nSPS) is 17.0. The van der Waals surface area contributed by atoms with Crippen LogP contribution in [0.4, 0.5) is 5.82 Å². The topological polar surface area (TPSA) is 38.1 Å². The number of hydrogen-bond donors (Lipinski definition) is 0. The van der Waals surface area contributed by atoms with E-state index < -0.39 is 0 Å². The summed E-state index contributed by atoms with van der Waals surface area (Å²) >= 11 is 0. The molecule has 3 rings (SSSR count). The lowest BCUT2D eigenvalue weighted by Crippen LogP contribution is -1.87. The number of fused-ring (bicyclic) bond motifs is 3. The Morgan fingerprint density at radius 2 is 2.33 bits per heavy atom. The third-order valence-corrected chi connectivity index (χ3v) is 1.93. The van der Waals surface area contributed by atoms with Gasteiger partial charge in [-0.15, -0.1) is 0 Å². The van der Waals surface area contributed by atoms with Gasteiger partial charge in [0.1, 0.15) is 12.5 Å². The Labute approximate surface area is 69.2 Å². The predicted molar refractivity (Wildman–Crippen MR) is 45.1 cm³/mol. The van der Waals surface area contributed by atoms with Crippen LogP contribution in [0.5, 0.6) is 0 Å². The molecule has 0 fully saturated rings. The summed E-state index contributed by atoms with van der Waals surface area (Å²) < 4.78 is 0. The van der Waals surface area contributed by atoms with Crippen molar-refractivity contribution in [2.45, 2.75) is 0 Å². The van der Waals surface area contributed by atoms with E-state index in [4.69, 9.17) is 0 Å². The van der Waals surface area contributed by atoms with Gasteiger partial charge in [0.2, 0.25) is 0 Å². The first-order chi connectivity index (χ1) is 5.95. The number of rotatable bonds is 0. The molecule has 0 unspecified atom stereocenters. The molecule has 1 aliphatic carbocycles. The third kappa shape index (κ3) is 0.580. The molecule has 1 radical (unpaired) electrons. The number of aliphatic imine (C=N–C) groups is 1. The minimum atomic E-state index is 0.732. The van der Waals surface area contributed by atoms with Crippen molar-refractivity contribution in [3.05, 3.63) is 36.3 Å². The molecule has 12 heavy (non-hydrogen) atoms. The third-order valence-electron chi connectivity index (χ3n) is 1.93. The van der Waals surface area contributed by atoms with Crippen molar-refractivity contribution >= 4 is 17.1 Å². The molecule has 0 bridgehead atoms. The highest BCUT2D eigenvalue weighted by molar-refractivity contribution is 6.35. The van der Waals surface area contributed by atoms with Crippen LogP contribution in [0.25, 0.3) is 5.57 Å². The van der Waals surface area contributed by atoms with Crippen LogP contribution in [0.15, 0.2) is 29.5 Å². The van der Waals surface area contributed by atoms with Gasteiger partial charge in [0, 0.05) is 5.57 Å². The monoisotopic (exact) mass is 154 g/mol. The second-order valence-corrected chi connectivity index (χ2v) is 2.62. The van der Waals surface area contributed by atoms with Crippen LogP contribution in [0.2, 0.25) is 0 Å². The van der Waals surface area contributed by atoms with Gasteiger partial charge in [-0.3, -0.25) is 0 Å². The van der Waals surface area contributed by atoms with Crippen molar-refractivity contribution in [3.8, 4) is 0 Å². The van der Waals surface area contributed by atoms with Crippen LogP contribution in [0.3, 0.4) is 0 Å². The van der Waals surface area contributed by atoms with Gasteiger partial charge in [-0.25, -0.2) is 15.0 Å². The summed E-state index contributed by atoms with van der Waals surface area (Å²) in [5.41, 5.74) is 2.98. The van der Waals surface area contributed by atoms with E-state index in [9.17, 15) is 0 Å². The van der Waals surface area contributed by atoms with Crippen LogP contribution in [-0.4, -0.2) is 15.7 Å². The molecule has 3 heteroatoms. The zero-order chi connectivity index (χ0) is 7.97. The van der Waals surface area contributed by atoms with Crippen molar-refractivity contribution in [3.63, 3.8) is 0 Å². The van der Waals surface area contributed by atoms with Crippen molar-refractivity contribution in [1.82, 2.24) is 9.97 Å². The molecule has 1 aromatic heterocycles. The number of hydrogen-bond acceptors (Lipinski definition) is 3. The summed E-state index contributed by atoms with van der Waals surface area (Å²) in [6, 6.07) is 0. The Bertz CT molecular complexity index is 441. The average Bonchev–Trinajstić information content (AvgIpc) is 2.62. The Kier molecular flexibility index (Phi) is 0.913. The van der Waals surface area contributed by atoms with E-state index in [1.165, 1.54) is 6.33 Å². The van der Waals surface area contributed by atoms with Gasteiger partial charge in [0.25, 0.3) is 0 Å². The second-order valence-electron chi connectivity index (χ2n) is 2.62. The molecule has 0 atom stereocenters. The molecule has 0 saturated heterocycles. The summed E-state index contributed by atoms with van der Waals surface area (Å²) in [4.78, 5) is 12.2. The highest BCUT2D eigenvalue weighted by Gasteiger charge is 2.21. The van der Waals surface area contributed by atoms with Gasteiger partial charge >= 0.3 is 0 Å². The van der Waals surface area contributed by atoms with Crippen molar-refractivity contribution in [1.29, 1.82) is 0 Å². The maximum Gasteiger partial charge on any atom is 0.164 e. The first-order valence-corrected chi connectivity index (χ1v) is 3.65. The Hall–Kier alpha value is -1.77. The lowest BCUT2D eigenvalue weighted by molar-refractivity contribution is 1.14. The molecule has 0 aromatic carbocycles. The second kappa shape index (κ2) is 1.88. The lowest BCUT2D eigenvalue weighted by Gasteiger charge is -1.92. The van der Waals surface area contributed by atoms with Crippen molar-refractivity contribution in [2.75, 3.05) is 0 Å². The van der Waals surface area contributed by atoms with Crippen LogP contribution in [0.1, 0.15) is 5.56 Å². The summed E-state index contributed by atoms with van der Waals surface area (Å²) in [6.07, 6.45) is 10.3. The van der Waals surface area contributed by atoms with Crippen LogP contribution in [-0.2, 0) is 0 Å². The lowest BCUT2D eigenvalue weighted by atomic mass is 10.1. The SMILES string of the molecule is [c]1ncnc2c1C1=CC=CC1=N2. The molecule has 1 aliphatic heterocycles. The number of aromatic nitrogens is 2. The fraction of sp³-hybridized carbons (Fsp3) is 0. The molecular weight excluding hydrogens is 150 g/mol. The van der Waals surface area contributed by atoms with E-state index in [1.807, 2.05) is 18.2 Å². The number of nitrogens with zero attached hydrogens (tertiary/aromatic N) is 3. The summed E-state index contributed by atoms with van der Waals surface area (Å²) in [6.45, 7) is 0. The van der Waals surface area contributed by atoms with Gasteiger partial charge < -0.3 is 0 Å². The molecule has 1 aromatic rings. The minimum absolute atomic E-state index is 0.732. The quantitative estimate of drug-likeness (QED) is 0.565. The van der Waals surface area contributed by atoms with E-state index in [0.717, 1.165) is 22.7 Å². The zero-order valence-electron chi connectivity index (χ0n) is 6.15. The fourth-order valence-corrected chi connectivity index (χ4v) is 1.39. The van der Waals surface area contributed by atoms with Gasteiger partial charge in [-0.05, 0) is 6.08 Å². The Balaban J connectivity index is 2.33. The zero-order valence-corrected chi connectivity index (χ0v) is 6.15. The maximum absolute atomic E-state index is 4.29. The predicted octanol–water partition coefficient (Wildman–Crippen LogP) is 1.32. The molecule has 2 aliphatic rings. The largest absolute Gasteiger partial charge is 0.234 e. The highest BCUT2D eigenvalue weighted by atomic mass is 15.0. The van der Waals surface area contributed by atoms with Crippen LogP contribution >= 0.6 is 0 Å². The first kappa shape index (κ1) is 5.83. The van der Waals surface area contributed by atoms with Gasteiger partial charge in [0.15, 0.2) is 5.82 Å². The van der Waals surface area contributed by atoms with E-state index in [0.29, 0.717) is 0 Å².